The average molecular weight is 282 g/mol. The van der Waals surface area contributed by atoms with Gasteiger partial charge in [0, 0.05) is 18.0 Å². The van der Waals surface area contributed by atoms with Gasteiger partial charge in [0.25, 0.3) is 0 Å². The van der Waals surface area contributed by atoms with Crippen LogP contribution in [0.25, 0.3) is 17.2 Å². The van der Waals surface area contributed by atoms with Gasteiger partial charge in [0.15, 0.2) is 11.5 Å². The molecular weight excluding hydrogens is 272 g/mol. The first-order valence-corrected chi connectivity index (χ1v) is 5.94. The lowest BCUT2D eigenvalue weighted by molar-refractivity contribution is 0.318. The van der Waals surface area contributed by atoms with Gasteiger partial charge in [-0.25, -0.2) is 9.97 Å². The summed E-state index contributed by atoms with van der Waals surface area (Å²) in [5.74, 6) is 0.478. The molecule has 0 amide bonds. The van der Waals surface area contributed by atoms with Crippen LogP contribution in [-0.4, -0.2) is 41.2 Å². The highest BCUT2D eigenvalue weighted by Crippen LogP contribution is 2.13. The Balaban J connectivity index is 2.05. The van der Waals surface area contributed by atoms with E-state index in [0.717, 1.165) is 5.56 Å². The van der Waals surface area contributed by atoms with Crippen LogP contribution in [-0.2, 0) is 0 Å². The van der Waals surface area contributed by atoms with Gasteiger partial charge in [-0.05, 0) is 5.21 Å². The third-order valence-electron chi connectivity index (χ3n) is 2.66. The zero-order valence-electron chi connectivity index (χ0n) is 10.7. The maximum absolute atomic E-state index is 8.77. The standard InChI is InChI=1S/C12H10N8O/c13-10(18-21)9-12(15-7-6-14-9)20-17-11(16-19-20)8-4-2-1-3-5-8/h1-7,21H,(H2,13,18). The third-order valence-corrected chi connectivity index (χ3v) is 2.66. The Kier molecular flexibility index (Phi) is 3.21. The van der Waals surface area contributed by atoms with Crippen molar-refractivity contribution in [3.05, 3.63) is 48.4 Å². The predicted octanol–water partition coefficient (Wildman–Crippen LogP) is 0.214. The van der Waals surface area contributed by atoms with Crippen LogP contribution >= 0.6 is 0 Å². The second kappa shape index (κ2) is 5.33. The Morgan fingerprint density at radius 2 is 1.90 bits per heavy atom. The number of tetrazole rings is 1. The molecule has 9 nitrogen and oxygen atoms in total. The molecule has 0 atom stereocenters. The molecule has 2 aromatic heterocycles. The molecule has 0 aliphatic carbocycles. The second-order valence-electron chi connectivity index (χ2n) is 3.98. The van der Waals surface area contributed by atoms with Crippen LogP contribution < -0.4 is 5.73 Å². The number of nitrogens with zero attached hydrogens (tertiary/aromatic N) is 7. The Hall–Kier alpha value is -3.36. The van der Waals surface area contributed by atoms with Crippen LogP contribution in [0.15, 0.2) is 47.9 Å². The lowest BCUT2D eigenvalue weighted by Crippen LogP contribution is -2.20. The van der Waals surface area contributed by atoms with E-state index >= 15 is 0 Å². The van der Waals surface area contributed by atoms with Gasteiger partial charge in [-0.3, -0.25) is 0 Å². The van der Waals surface area contributed by atoms with Gasteiger partial charge in [0.2, 0.25) is 11.6 Å². The number of aromatic nitrogens is 6. The van der Waals surface area contributed by atoms with E-state index in [2.05, 4.69) is 30.5 Å². The minimum absolute atomic E-state index is 0.164. The summed E-state index contributed by atoms with van der Waals surface area (Å²) in [4.78, 5) is 9.27. The van der Waals surface area contributed by atoms with E-state index in [1.807, 2.05) is 30.3 Å². The molecule has 0 unspecified atom stereocenters. The van der Waals surface area contributed by atoms with Gasteiger partial charge in [0.1, 0.15) is 0 Å². The zero-order chi connectivity index (χ0) is 14.7. The molecule has 2 heterocycles. The summed E-state index contributed by atoms with van der Waals surface area (Å²) >= 11 is 0. The molecule has 0 aliphatic rings. The number of nitrogens with two attached hydrogens (primary N) is 1. The van der Waals surface area contributed by atoms with Crippen molar-refractivity contribution in [2.24, 2.45) is 10.9 Å². The molecule has 21 heavy (non-hydrogen) atoms. The molecule has 0 fully saturated rings. The molecule has 0 spiro atoms. The molecule has 0 radical (unpaired) electrons. The maximum Gasteiger partial charge on any atom is 0.206 e. The van der Waals surface area contributed by atoms with Crippen molar-refractivity contribution < 1.29 is 5.21 Å². The summed E-state index contributed by atoms with van der Waals surface area (Å²) in [7, 11) is 0. The van der Waals surface area contributed by atoms with Crippen LogP contribution in [0.3, 0.4) is 0 Å². The highest BCUT2D eigenvalue weighted by molar-refractivity contribution is 5.97. The summed E-state index contributed by atoms with van der Waals surface area (Å²) in [5, 5.41) is 23.8. The first kappa shape index (κ1) is 12.7. The van der Waals surface area contributed by atoms with Crippen molar-refractivity contribution in [3.63, 3.8) is 0 Å². The Morgan fingerprint density at radius 1 is 1.14 bits per heavy atom. The van der Waals surface area contributed by atoms with Crippen LogP contribution in [0.2, 0.25) is 0 Å². The molecule has 3 aromatic rings. The van der Waals surface area contributed by atoms with Gasteiger partial charge in [-0.1, -0.05) is 35.5 Å². The first-order chi connectivity index (χ1) is 10.3. The van der Waals surface area contributed by atoms with Gasteiger partial charge in [0.05, 0.1) is 0 Å². The highest BCUT2D eigenvalue weighted by atomic mass is 16.4. The summed E-state index contributed by atoms with van der Waals surface area (Å²) in [6, 6.07) is 9.37. The Morgan fingerprint density at radius 3 is 2.67 bits per heavy atom. The number of benzene rings is 1. The van der Waals surface area contributed by atoms with E-state index in [-0.39, 0.29) is 17.3 Å². The molecule has 0 saturated heterocycles. The van der Waals surface area contributed by atoms with Crippen LogP contribution in [0.5, 0.6) is 0 Å². The summed E-state index contributed by atoms with van der Waals surface area (Å²) < 4.78 is 0. The Bertz CT molecular complexity index is 783. The molecule has 9 heteroatoms. The van der Waals surface area contributed by atoms with Crippen molar-refractivity contribution in [2.75, 3.05) is 0 Å². The zero-order valence-corrected chi connectivity index (χ0v) is 10.7. The first-order valence-electron chi connectivity index (χ1n) is 5.94. The summed E-state index contributed by atoms with van der Waals surface area (Å²) in [5.41, 5.74) is 6.54. The second-order valence-corrected chi connectivity index (χ2v) is 3.98. The normalized spacial score (nSPS) is 11.5. The lowest BCUT2D eigenvalue weighted by atomic mass is 10.2. The predicted molar refractivity (Wildman–Crippen MR) is 72.7 cm³/mol. The summed E-state index contributed by atoms with van der Waals surface area (Å²) in [6.07, 6.45) is 2.88. The fourth-order valence-corrected chi connectivity index (χ4v) is 1.71. The van der Waals surface area contributed by atoms with Crippen LogP contribution in [0.4, 0.5) is 0 Å². The number of hydrogen-bond acceptors (Lipinski definition) is 7. The minimum atomic E-state index is -0.184. The van der Waals surface area contributed by atoms with Crippen LogP contribution in [0.1, 0.15) is 5.69 Å². The molecule has 0 saturated carbocycles. The van der Waals surface area contributed by atoms with Crippen molar-refractivity contribution in [2.45, 2.75) is 0 Å². The molecular formula is C12H10N8O. The molecule has 3 rings (SSSR count). The van der Waals surface area contributed by atoms with Crippen molar-refractivity contribution in [3.8, 4) is 17.2 Å². The highest BCUT2D eigenvalue weighted by Gasteiger charge is 2.15. The number of rotatable bonds is 3. The van der Waals surface area contributed by atoms with Crippen molar-refractivity contribution >= 4 is 5.84 Å². The lowest BCUT2D eigenvalue weighted by Gasteiger charge is -2.02. The fraction of sp³-hybridized carbons (Fsp3) is 0. The minimum Gasteiger partial charge on any atom is -0.409 e. The van der Waals surface area contributed by atoms with Crippen LogP contribution in [0, 0.1) is 0 Å². The maximum atomic E-state index is 8.77. The molecule has 0 aliphatic heterocycles. The molecule has 104 valence electrons. The Labute approximate surface area is 118 Å². The van der Waals surface area contributed by atoms with E-state index in [1.54, 1.807) is 0 Å². The summed E-state index contributed by atoms with van der Waals surface area (Å²) in [6.45, 7) is 0. The van der Waals surface area contributed by atoms with Gasteiger partial charge in [-0.2, -0.15) is 0 Å². The SMILES string of the molecule is NC(=NO)c1nccnc1-n1nnc(-c2ccccc2)n1. The van der Waals surface area contributed by atoms with E-state index in [1.165, 1.54) is 17.2 Å². The topological polar surface area (TPSA) is 128 Å². The van der Waals surface area contributed by atoms with E-state index in [4.69, 9.17) is 10.9 Å². The number of amidine groups is 1. The van der Waals surface area contributed by atoms with Crippen molar-refractivity contribution in [1.29, 1.82) is 0 Å². The van der Waals surface area contributed by atoms with Gasteiger partial charge < -0.3 is 10.9 Å². The van der Waals surface area contributed by atoms with E-state index in [0.29, 0.717) is 5.82 Å². The third kappa shape index (κ3) is 2.39. The average Bonchev–Trinajstić information content (AvgIpc) is 3.05. The monoisotopic (exact) mass is 282 g/mol. The van der Waals surface area contributed by atoms with Gasteiger partial charge >= 0.3 is 0 Å². The molecule has 0 bridgehead atoms. The van der Waals surface area contributed by atoms with E-state index in [9.17, 15) is 0 Å². The van der Waals surface area contributed by atoms with Crippen molar-refractivity contribution in [1.82, 2.24) is 30.2 Å². The quantitative estimate of drug-likeness (QED) is 0.304. The van der Waals surface area contributed by atoms with Gasteiger partial charge in [-0.15, -0.1) is 15.0 Å². The largest absolute Gasteiger partial charge is 0.409 e. The fourth-order valence-electron chi connectivity index (χ4n) is 1.71. The number of oxime groups is 1. The smallest absolute Gasteiger partial charge is 0.206 e. The number of hydrogen-bond donors (Lipinski definition) is 2. The van der Waals surface area contributed by atoms with E-state index < -0.39 is 0 Å². The molecule has 1 aromatic carbocycles. The molecule has 3 N–H and O–H groups in total.